The Morgan fingerprint density at radius 1 is 1.04 bits per heavy atom. The molecule has 0 radical (unpaired) electrons. The highest BCUT2D eigenvalue weighted by Crippen LogP contribution is 2.22. The summed E-state index contributed by atoms with van der Waals surface area (Å²) in [7, 11) is 0. The minimum absolute atomic E-state index is 0.0154. The molecule has 1 N–H and O–H groups in total. The van der Waals surface area contributed by atoms with Crippen LogP contribution in [0.1, 0.15) is 17.5 Å². The molecule has 0 saturated carbocycles. The van der Waals surface area contributed by atoms with Gasteiger partial charge in [-0.25, -0.2) is 9.97 Å². The van der Waals surface area contributed by atoms with Crippen molar-refractivity contribution in [1.82, 2.24) is 19.8 Å². The average molecular weight is 367 g/mol. The molecule has 7 nitrogen and oxygen atoms in total. The quantitative estimate of drug-likeness (QED) is 0.881. The Morgan fingerprint density at radius 3 is 2.37 bits per heavy atom. The van der Waals surface area contributed by atoms with Gasteiger partial charge in [0.05, 0.1) is 18.4 Å². The minimum Gasteiger partial charge on any atom is -0.505 e. The number of rotatable bonds is 4. The lowest BCUT2D eigenvalue weighted by molar-refractivity contribution is -0.132. The van der Waals surface area contributed by atoms with E-state index in [-0.39, 0.29) is 17.7 Å². The van der Waals surface area contributed by atoms with Crippen LogP contribution in [0.5, 0.6) is 5.75 Å². The van der Waals surface area contributed by atoms with Crippen LogP contribution >= 0.6 is 0 Å². The number of piperazine rings is 1. The van der Waals surface area contributed by atoms with Crippen LogP contribution < -0.4 is 4.90 Å². The van der Waals surface area contributed by atoms with E-state index < -0.39 is 0 Å². The number of carbonyl (C=O) groups is 1. The lowest BCUT2D eigenvalue weighted by Gasteiger charge is -2.37. The summed E-state index contributed by atoms with van der Waals surface area (Å²) in [5.41, 5.74) is 2.42. The summed E-state index contributed by atoms with van der Waals surface area (Å²) in [6.45, 7) is 6.79. The van der Waals surface area contributed by atoms with Crippen molar-refractivity contribution in [3.63, 3.8) is 0 Å². The minimum atomic E-state index is -0.0154. The van der Waals surface area contributed by atoms with Gasteiger partial charge in [0.2, 0.25) is 11.9 Å². The molecule has 2 aromatic rings. The van der Waals surface area contributed by atoms with E-state index in [2.05, 4.69) is 51.0 Å². The van der Waals surface area contributed by atoms with Gasteiger partial charge in [-0.15, -0.1) is 0 Å². The van der Waals surface area contributed by atoms with Gasteiger partial charge in [-0.3, -0.25) is 9.69 Å². The van der Waals surface area contributed by atoms with E-state index in [1.54, 1.807) is 0 Å². The number of aryl methyl sites for hydroxylation is 1. The zero-order valence-corrected chi connectivity index (χ0v) is 15.6. The standard InChI is InChI=1S/C20H25N5O2/c1-15-2-4-16(5-3-15)14-25-7-6-18(19(25)27)23-8-10-24(11-9-23)20-21-12-17(26)13-22-20/h2-5,12-13,18,26H,6-11,14H2,1H3. The van der Waals surface area contributed by atoms with E-state index in [1.807, 2.05) is 4.90 Å². The van der Waals surface area contributed by atoms with Crippen molar-refractivity contribution in [1.29, 1.82) is 0 Å². The molecule has 1 aromatic heterocycles. The van der Waals surface area contributed by atoms with Crippen molar-refractivity contribution in [2.24, 2.45) is 0 Å². The predicted molar refractivity (Wildman–Crippen MR) is 102 cm³/mol. The molecular formula is C20H25N5O2. The molecule has 1 unspecified atom stereocenters. The summed E-state index contributed by atoms with van der Waals surface area (Å²) in [6.07, 6.45) is 3.72. The van der Waals surface area contributed by atoms with E-state index in [1.165, 1.54) is 23.5 Å². The van der Waals surface area contributed by atoms with Crippen molar-refractivity contribution >= 4 is 11.9 Å². The number of carbonyl (C=O) groups excluding carboxylic acids is 1. The van der Waals surface area contributed by atoms with Crippen LogP contribution in [0.15, 0.2) is 36.7 Å². The van der Waals surface area contributed by atoms with Gasteiger partial charge in [-0.2, -0.15) is 0 Å². The van der Waals surface area contributed by atoms with Crippen molar-refractivity contribution in [3.8, 4) is 5.75 Å². The van der Waals surface area contributed by atoms with Crippen molar-refractivity contribution in [2.45, 2.75) is 25.9 Å². The van der Waals surface area contributed by atoms with Crippen molar-refractivity contribution in [3.05, 3.63) is 47.8 Å². The number of aromatic hydroxyl groups is 1. The van der Waals surface area contributed by atoms with Gasteiger partial charge < -0.3 is 14.9 Å². The van der Waals surface area contributed by atoms with Crippen LogP contribution in [-0.4, -0.2) is 69.5 Å². The Labute approximate surface area is 159 Å². The van der Waals surface area contributed by atoms with Crippen molar-refractivity contribution < 1.29 is 9.90 Å². The Hall–Kier alpha value is -2.67. The summed E-state index contributed by atoms with van der Waals surface area (Å²) in [6, 6.07) is 8.38. The van der Waals surface area contributed by atoms with Crippen LogP contribution in [0.2, 0.25) is 0 Å². The molecule has 7 heteroatoms. The summed E-state index contributed by atoms with van der Waals surface area (Å²) < 4.78 is 0. The molecule has 1 amide bonds. The molecule has 0 spiro atoms. The van der Waals surface area contributed by atoms with Gasteiger partial charge in [0, 0.05) is 39.3 Å². The fourth-order valence-corrected chi connectivity index (χ4v) is 3.84. The number of aromatic nitrogens is 2. The lowest BCUT2D eigenvalue weighted by Crippen LogP contribution is -2.52. The summed E-state index contributed by atoms with van der Waals surface area (Å²) in [5.74, 6) is 0.943. The van der Waals surface area contributed by atoms with Gasteiger partial charge in [-0.05, 0) is 18.9 Å². The van der Waals surface area contributed by atoms with E-state index in [9.17, 15) is 9.90 Å². The van der Waals surface area contributed by atoms with Gasteiger partial charge >= 0.3 is 0 Å². The molecule has 2 saturated heterocycles. The van der Waals surface area contributed by atoms with Crippen LogP contribution in [0.3, 0.4) is 0 Å². The zero-order valence-electron chi connectivity index (χ0n) is 15.6. The number of hydrogen-bond donors (Lipinski definition) is 1. The molecule has 0 aliphatic carbocycles. The summed E-state index contributed by atoms with van der Waals surface area (Å²) in [4.78, 5) is 27.6. The highest BCUT2D eigenvalue weighted by atomic mass is 16.3. The average Bonchev–Trinajstić information content (AvgIpc) is 3.05. The maximum absolute atomic E-state index is 12.9. The number of nitrogens with zero attached hydrogens (tertiary/aromatic N) is 5. The maximum Gasteiger partial charge on any atom is 0.240 e. The molecule has 4 rings (SSSR count). The second-order valence-electron chi connectivity index (χ2n) is 7.31. The number of amides is 1. The number of anilines is 1. The van der Waals surface area contributed by atoms with Crippen LogP contribution in [0.25, 0.3) is 0 Å². The monoisotopic (exact) mass is 367 g/mol. The summed E-state index contributed by atoms with van der Waals surface area (Å²) >= 11 is 0. The second-order valence-corrected chi connectivity index (χ2v) is 7.31. The van der Waals surface area contributed by atoms with Gasteiger partial charge in [0.15, 0.2) is 5.75 Å². The SMILES string of the molecule is Cc1ccc(CN2CCC(N3CCN(c4ncc(O)cn4)CC3)C2=O)cc1. The fourth-order valence-electron chi connectivity index (χ4n) is 3.84. The molecule has 27 heavy (non-hydrogen) atoms. The highest BCUT2D eigenvalue weighted by Gasteiger charge is 2.37. The Balaban J connectivity index is 1.33. The third kappa shape index (κ3) is 3.88. The largest absolute Gasteiger partial charge is 0.505 e. The third-order valence-corrected chi connectivity index (χ3v) is 5.43. The van der Waals surface area contributed by atoms with Gasteiger partial charge in [-0.1, -0.05) is 29.8 Å². The van der Waals surface area contributed by atoms with Crippen LogP contribution in [0, 0.1) is 6.92 Å². The van der Waals surface area contributed by atoms with Gasteiger partial charge in [0.25, 0.3) is 0 Å². The Bertz CT molecular complexity index is 785. The molecule has 1 atom stereocenters. The first-order valence-electron chi connectivity index (χ1n) is 9.44. The normalized spacial score (nSPS) is 21.1. The Kier molecular flexibility index (Phi) is 4.94. The van der Waals surface area contributed by atoms with E-state index in [4.69, 9.17) is 0 Å². The molecule has 142 valence electrons. The van der Waals surface area contributed by atoms with E-state index in [0.717, 1.165) is 39.1 Å². The molecule has 0 bridgehead atoms. The lowest BCUT2D eigenvalue weighted by atomic mass is 10.1. The van der Waals surface area contributed by atoms with Gasteiger partial charge in [0.1, 0.15) is 0 Å². The second kappa shape index (κ2) is 7.52. The molecule has 1 aromatic carbocycles. The number of benzene rings is 1. The number of likely N-dealkylation sites (tertiary alicyclic amines) is 1. The molecule has 3 heterocycles. The van der Waals surface area contributed by atoms with Crippen LogP contribution in [-0.2, 0) is 11.3 Å². The van der Waals surface area contributed by atoms with E-state index >= 15 is 0 Å². The van der Waals surface area contributed by atoms with E-state index in [0.29, 0.717) is 12.5 Å². The Morgan fingerprint density at radius 2 is 1.70 bits per heavy atom. The smallest absolute Gasteiger partial charge is 0.240 e. The topological polar surface area (TPSA) is 72.8 Å². The fraction of sp³-hybridized carbons (Fsp3) is 0.450. The first kappa shape index (κ1) is 17.7. The molecule has 2 fully saturated rings. The summed E-state index contributed by atoms with van der Waals surface area (Å²) in [5, 5.41) is 9.32. The first-order chi connectivity index (χ1) is 13.1. The highest BCUT2D eigenvalue weighted by molar-refractivity contribution is 5.84. The predicted octanol–water partition coefficient (Wildman–Crippen LogP) is 1.41. The maximum atomic E-state index is 12.9. The molecule has 2 aliphatic rings. The first-order valence-corrected chi connectivity index (χ1v) is 9.44. The third-order valence-electron chi connectivity index (χ3n) is 5.43. The molecule has 2 aliphatic heterocycles. The van der Waals surface area contributed by atoms with Crippen LogP contribution in [0.4, 0.5) is 5.95 Å². The zero-order chi connectivity index (χ0) is 18.8. The van der Waals surface area contributed by atoms with Crippen molar-refractivity contribution in [2.75, 3.05) is 37.6 Å². The number of hydrogen-bond acceptors (Lipinski definition) is 6. The molecular weight excluding hydrogens is 342 g/mol.